The van der Waals surface area contributed by atoms with E-state index in [1.807, 2.05) is 0 Å². The highest BCUT2D eigenvalue weighted by atomic mass is 16.5. The maximum Gasteiger partial charge on any atom is 0.319 e. The monoisotopic (exact) mass is 292 g/mol. The number of piperazine rings is 1. The zero-order chi connectivity index (χ0) is 15.1. The van der Waals surface area contributed by atoms with Crippen LogP contribution >= 0.6 is 0 Å². The lowest BCUT2D eigenvalue weighted by Gasteiger charge is -2.27. The van der Waals surface area contributed by atoms with Crippen LogP contribution in [0.25, 0.3) is 0 Å². The molecule has 21 heavy (non-hydrogen) atoms. The van der Waals surface area contributed by atoms with E-state index in [0.717, 1.165) is 13.1 Å². The molecule has 0 bridgehead atoms. The van der Waals surface area contributed by atoms with Gasteiger partial charge in [-0.05, 0) is 12.1 Å². The molecule has 114 valence electrons. The van der Waals surface area contributed by atoms with Gasteiger partial charge < -0.3 is 25.6 Å². The Kier molecular flexibility index (Phi) is 5.39. The quantitative estimate of drug-likeness (QED) is 0.743. The molecule has 0 atom stereocenters. The van der Waals surface area contributed by atoms with E-state index in [-0.39, 0.29) is 12.5 Å². The third-order valence-electron chi connectivity index (χ3n) is 3.20. The van der Waals surface area contributed by atoms with Crippen molar-refractivity contribution in [3.05, 3.63) is 24.3 Å². The molecule has 3 N–H and O–H groups in total. The molecular formula is C14H20N4O3. The van der Waals surface area contributed by atoms with Crippen LogP contribution in [0.1, 0.15) is 0 Å². The Morgan fingerprint density at radius 3 is 2.81 bits per heavy atom. The number of nitrogens with zero attached hydrogens (tertiary/aromatic N) is 1. The van der Waals surface area contributed by atoms with E-state index in [2.05, 4.69) is 16.0 Å². The molecule has 3 amide bonds. The maximum atomic E-state index is 11.9. The molecule has 2 rings (SSSR count). The lowest BCUT2D eigenvalue weighted by atomic mass is 10.3. The van der Waals surface area contributed by atoms with Crippen LogP contribution in [0.15, 0.2) is 24.3 Å². The predicted molar refractivity (Wildman–Crippen MR) is 79.5 cm³/mol. The lowest BCUT2D eigenvalue weighted by Crippen LogP contribution is -2.49. The number of methoxy groups -OCH3 is 1. The number of urea groups is 1. The summed E-state index contributed by atoms with van der Waals surface area (Å²) in [6.07, 6.45) is 0. The molecule has 0 aromatic heterocycles. The fourth-order valence-electron chi connectivity index (χ4n) is 2.06. The second kappa shape index (κ2) is 7.49. The largest absolute Gasteiger partial charge is 0.497 e. The molecular weight excluding hydrogens is 272 g/mol. The van der Waals surface area contributed by atoms with Crippen LogP contribution in [-0.4, -0.2) is 56.7 Å². The molecule has 0 radical (unpaired) electrons. The zero-order valence-electron chi connectivity index (χ0n) is 12.0. The number of amides is 3. The van der Waals surface area contributed by atoms with Gasteiger partial charge in [-0.25, -0.2) is 4.79 Å². The minimum atomic E-state index is -0.410. The molecule has 1 saturated heterocycles. The van der Waals surface area contributed by atoms with Crippen LogP contribution in [0.3, 0.4) is 0 Å². The number of carbonyl (C=O) groups is 2. The van der Waals surface area contributed by atoms with E-state index in [4.69, 9.17) is 4.74 Å². The van der Waals surface area contributed by atoms with Crippen molar-refractivity contribution in [3.8, 4) is 5.75 Å². The second-order valence-electron chi connectivity index (χ2n) is 4.67. The first-order valence-electron chi connectivity index (χ1n) is 6.86. The first-order chi connectivity index (χ1) is 10.2. The van der Waals surface area contributed by atoms with Crippen molar-refractivity contribution in [3.63, 3.8) is 0 Å². The van der Waals surface area contributed by atoms with E-state index in [1.165, 1.54) is 0 Å². The van der Waals surface area contributed by atoms with Crippen molar-refractivity contribution in [2.24, 2.45) is 0 Å². The summed E-state index contributed by atoms with van der Waals surface area (Å²) in [5, 5.41) is 8.40. The Bertz CT molecular complexity index is 501. The van der Waals surface area contributed by atoms with Crippen LogP contribution in [-0.2, 0) is 4.79 Å². The molecule has 0 spiro atoms. The summed E-state index contributed by atoms with van der Waals surface area (Å²) in [6, 6.07) is 6.61. The van der Waals surface area contributed by atoms with Crippen LogP contribution < -0.4 is 20.7 Å². The molecule has 1 fully saturated rings. The fourth-order valence-corrected chi connectivity index (χ4v) is 2.06. The van der Waals surface area contributed by atoms with Gasteiger partial charge in [0.2, 0.25) is 5.91 Å². The number of carbonyl (C=O) groups excluding carboxylic acids is 2. The first kappa shape index (κ1) is 15.1. The van der Waals surface area contributed by atoms with Gasteiger partial charge in [0.1, 0.15) is 5.75 Å². The normalized spacial score (nSPS) is 14.4. The molecule has 0 aliphatic carbocycles. The van der Waals surface area contributed by atoms with Crippen molar-refractivity contribution in [2.45, 2.75) is 0 Å². The highest BCUT2D eigenvalue weighted by Crippen LogP contribution is 2.16. The van der Waals surface area contributed by atoms with Gasteiger partial charge in [-0.15, -0.1) is 0 Å². The minimum absolute atomic E-state index is 0.00416. The summed E-state index contributed by atoms with van der Waals surface area (Å²) in [5.41, 5.74) is 0.612. The fraction of sp³-hybridized carbons (Fsp3) is 0.429. The van der Waals surface area contributed by atoms with E-state index in [0.29, 0.717) is 24.5 Å². The SMILES string of the molecule is COc1cccc(NC(=O)NCC(=O)N2CCNCC2)c1. The van der Waals surface area contributed by atoms with Gasteiger partial charge in [-0.1, -0.05) is 6.07 Å². The highest BCUT2D eigenvalue weighted by molar-refractivity contribution is 5.92. The summed E-state index contributed by atoms with van der Waals surface area (Å²) in [7, 11) is 1.56. The Morgan fingerprint density at radius 1 is 1.33 bits per heavy atom. The van der Waals surface area contributed by atoms with Gasteiger partial charge >= 0.3 is 6.03 Å². The average Bonchev–Trinajstić information content (AvgIpc) is 2.53. The Hall–Kier alpha value is -2.28. The first-order valence-corrected chi connectivity index (χ1v) is 6.86. The van der Waals surface area contributed by atoms with Crippen molar-refractivity contribution in [1.29, 1.82) is 0 Å². The van der Waals surface area contributed by atoms with Crippen molar-refractivity contribution in [2.75, 3.05) is 45.2 Å². The van der Waals surface area contributed by atoms with Crippen molar-refractivity contribution >= 4 is 17.6 Å². The number of rotatable bonds is 4. The van der Waals surface area contributed by atoms with Crippen LogP contribution in [0, 0.1) is 0 Å². The molecule has 7 nitrogen and oxygen atoms in total. The average molecular weight is 292 g/mol. The van der Waals surface area contributed by atoms with Crippen LogP contribution in [0.2, 0.25) is 0 Å². The molecule has 7 heteroatoms. The van der Waals surface area contributed by atoms with Crippen molar-refractivity contribution < 1.29 is 14.3 Å². The van der Waals surface area contributed by atoms with E-state index in [9.17, 15) is 9.59 Å². The molecule has 1 heterocycles. The summed E-state index contributed by atoms with van der Waals surface area (Å²) >= 11 is 0. The van der Waals surface area contributed by atoms with Gasteiger partial charge in [0.05, 0.1) is 13.7 Å². The molecule has 0 unspecified atom stereocenters. The van der Waals surface area contributed by atoms with Gasteiger partial charge in [-0.2, -0.15) is 0 Å². The maximum absolute atomic E-state index is 11.9. The molecule has 1 aromatic carbocycles. The van der Waals surface area contributed by atoms with Crippen LogP contribution in [0.4, 0.5) is 10.5 Å². The number of benzene rings is 1. The Morgan fingerprint density at radius 2 is 2.10 bits per heavy atom. The third-order valence-corrected chi connectivity index (χ3v) is 3.20. The van der Waals surface area contributed by atoms with Crippen LogP contribution in [0.5, 0.6) is 5.75 Å². The number of anilines is 1. The summed E-state index contributed by atoms with van der Waals surface area (Å²) in [5.74, 6) is 0.585. The molecule has 1 aliphatic heterocycles. The second-order valence-corrected chi connectivity index (χ2v) is 4.67. The third kappa shape index (κ3) is 4.64. The van der Waals surface area contributed by atoms with E-state index in [1.54, 1.807) is 36.3 Å². The molecule has 1 aliphatic rings. The highest BCUT2D eigenvalue weighted by Gasteiger charge is 2.16. The van der Waals surface area contributed by atoms with Gasteiger partial charge in [-0.3, -0.25) is 4.79 Å². The number of ether oxygens (including phenoxy) is 1. The Labute approximate surface area is 123 Å². The summed E-state index contributed by atoms with van der Waals surface area (Å²) in [6.45, 7) is 2.94. The van der Waals surface area contributed by atoms with E-state index < -0.39 is 6.03 Å². The summed E-state index contributed by atoms with van der Waals surface area (Å²) < 4.78 is 5.08. The van der Waals surface area contributed by atoms with Gasteiger partial charge in [0, 0.05) is 37.9 Å². The number of hydrogen-bond donors (Lipinski definition) is 3. The number of hydrogen-bond acceptors (Lipinski definition) is 4. The smallest absolute Gasteiger partial charge is 0.319 e. The Balaban J connectivity index is 1.77. The van der Waals surface area contributed by atoms with Gasteiger partial charge in [0.25, 0.3) is 0 Å². The topological polar surface area (TPSA) is 82.7 Å². The predicted octanol–water partition coefficient (Wildman–Crippen LogP) is 0.249. The van der Waals surface area contributed by atoms with Gasteiger partial charge in [0.15, 0.2) is 0 Å². The number of nitrogens with one attached hydrogen (secondary N) is 3. The van der Waals surface area contributed by atoms with E-state index >= 15 is 0 Å². The standard InChI is InChI=1S/C14H20N4O3/c1-21-12-4-2-3-11(9-12)17-14(20)16-10-13(19)18-7-5-15-6-8-18/h2-4,9,15H,5-8,10H2,1H3,(H2,16,17,20). The summed E-state index contributed by atoms with van der Waals surface area (Å²) in [4.78, 5) is 25.4. The lowest BCUT2D eigenvalue weighted by molar-refractivity contribution is -0.130. The minimum Gasteiger partial charge on any atom is -0.497 e. The zero-order valence-corrected chi connectivity index (χ0v) is 12.0. The molecule has 0 saturated carbocycles. The van der Waals surface area contributed by atoms with Crippen molar-refractivity contribution in [1.82, 2.24) is 15.5 Å². The molecule has 1 aromatic rings.